The van der Waals surface area contributed by atoms with Gasteiger partial charge in [0.05, 0.1) is 5.56 Å². The van der Waals surface area contributed by atoms with Gasteiger partial charge in [-0.05, 0) is 24.3 Å². The standard InChI is InChI=1S/C11H9N3O4/c15-6-1-2-8(16)7(5-6)11(18)12-9-3-4-10(17)14-13-9/h1-5,15-16H,(H,14,17)(H,12,13,18). The zero-order chi connectivity index (χ0) is 13.1. The van der Waals surface area contributed by atoms with Crippen molar-refractivity contribution in [2.45, 2.75) is 0 Å². The lowest BCUT2D eigenvalue weighted by Gasteiger charge is -2.05. The Morgan fingerprint density at radius 1 is 1.22 bits per heavy atom. The summed E-state index contributed by atoms with van der Waals surface area (Å²) in [6, 6.07) is 6.09. The molecule has 0 unspecified atom stereocenters. The molecule has 0 aliphatic rings. The number of carbonyl (C=O) groups is 1. The van der Waals surface area contributed by atoms with Gasteiger partial charge in [-0.15, -0.1) is 0 Å². The summed E-state index contributed by atoms with van der Waals surface area (Å²) in [5, 5.41) is 26.8. The Morgan fingerprint density at radius 2 is 2.00 bits per heavy atom. The normalized spacial score (nSPS) is 10.0. The molecule has 0 spiro atoms. The minimum Gasteiger partial charge on any atom is -0.508 e. The van der Waals surface area contributed by atoms with E-state index in [9.17, 15) is 19.8 Å². The Morgan fingerprint density at radius 3 is 2.67 bits per heavy atom. The van der Waals surface area contributed by atoms with Gasteiger partial charge >= 0.3 is 0 Å². The second-order valence-electron chi connectivity index (χ2n) is 3.46. The molecule has 2 rings (SSSR count). The van der Waals surface area contributed by atoms with Gasteiger partial charge in [0.25, 0.3) is 11.5 Å². The molecule has 2 aromatic rings. The Balaban J connectivity index is 2.24. The lowest BCUT2D eigenvalue weighted by molar-refractivity contribution is 0.102. The van der Waals surface area contributed by atoms with E-state index in [4.69, 9.17) is 0 Å². The van der Waals surface area contributed by atoms with Crippen molar-refractivity contribution in [3.63, 3.8) is 0 Å². The highest BCUT2D eigenvalue weighted by atomic mass is 16.3. The molecule has 0 saturated heterocycles. The van der Waals surface area contributed by atoms with Crippen molar-refractivity contribution in [3.8, 4) is 11.5 Å². The number of nitrogens with one attached hydrogen (secondary N) is 2. The van der Waals surface area contributed by atoms with Gasteiger partial charge in [-0.2, -0.15) is 5.10 Å². The fourth-order valence-corrected chi connectivity index (χ4v) is 1.30. The van der Waals surface area contributed by atoms with E-state index < -0.39 is 11.5 Å². The van der Waals surface area contributed by atoms with Crippen molar-refractivity contribution in [3.05, 3.63) is 46.2 Å². The lowest BCUT2D eigenvalue weighted by Crippen LogP contribution is -2.15. The molecule has 92 valence electrons. The second-order valence-corrected chi connectivity index (χ2v) is 3.46. The van der Waals surface area contributed by atoms with Gasteiger partial charge < -0.3 is 15.5 Å². The molecular formula is C11H9N3O4. The molecular weight excluding hydrogens is 238 g/mol. The number of aromatic amines is 1. The first-order valence-corrected chi connectivity index (χ1v) is 4.95. The van der Waals surface area contributed by atoms with Gasteiger partial charge in [-0.25, -0.2) is 5.10 Å². The highest BCUT2D eigenvalue weighted by Gasteiger charge is 2.12. The average molecular weight is 247 g/mol. The third kappa shape index (κ3) is 2.46. The molecule has 0 aliphatic heterocycles. The maximum atomic E-state index is 11.8. The number of aromatic nitrogens is 2. The first-order valence-electron chi connectivity index (χ1n) is 4.95. The first-order chi connectivity index (χ1) is 8.56. The topological polar surface area (TPSA) is 115 Å². The molecule has 1 amide bonds. The largest absolute Gasteiger partial charge is 0.508 e. The molecule has 4 N–H and O–H groups in total. The predicted octanol–water partition coefficient (Wildman–Crippen LogP) is 0.433. The van der Waals surface area contributed by atoms with Crippen LogP contribution in [0.15, 0.2) is 35.1 Å². The zero-order valence-electron chi connectivity index (χ0n) is 9.04. The third-order valence-electron chi connectivity index (χ3n) is 2.15. The molecule has 1 heterocycles. The summed E-state index contributed by atoms with van der Waals surface area (Å²) in [6.45, 7) is 0. The first kappa shape index (κ1) is 11.6. The van der Waals surface area contributed by atoms with Gasteiger partial charge in [0.1, 0.15) is 11.5 Å². The molecule has 7 heteroatoms. The number of phenolic OH excluding ortho intramolecular Hbond substituents is 2. The quantitative estimate of drug-likeness (QED) is 0.574. The molecule has 0 bridgehead atoms. The maximum absolute atomic E-state index is 11.8. The monoisotopic (exact) mass is 247 g/mol. The Bertz CT molecular complexity index is 630. The SMILES string of the molecule is O=C(Nc1ccc(=O)[nH]n1)c1cc(O)ccc1O. The number of amides is 1. The highest BCUT2D eigenvalue weighted by molar-refractivity contribution is 6.05. The summed E-state index contributed by atoms with van der Waals surface area (Å²) >= 11 is 0. The highest BCUT2D eigenvalue weighted by Crippen LogP contribution is 2.22. The van der Waals surface area contributed by atoms with Gasteiger partial charge in [0.15, 0.2) is 5.82 Å². The summed E-state index contributed by atoms with van der Waals surface area (Å²) in [6.07, 6.45) is 0. The van der Waals surface area contributed by atoms with Crippen molar-refractivity contribution >= 4 is 11.7 Å². The van der Waals surface area contributed by atoms with Crippen LogP contribution >= 0.6 is 0 Å². The van der Waals surface area contributed by atoms with Crippen molar-refractivity contribution in [2.75, 3.05) is 5.32 Å². The van der Waals surface area contributed by atoms with Crippen molar-refractivity contribution in [1.29, 1.82) is 0 Å². The van der Waals surface area contributed by atoms with E-state index >= 15 is 0 Å². The number of benzene rings is 1. The number of carbonyl (C=O) groups excluding carboxylic acids is 1. The fourth-order valence-electron chi connectivity index (χ4n) is 1.30. The third-order valence-corrected chi connectivity index (χ3v) is 2.15. The number of hydrogen-bond donors (Lipinski definition) is 4. The number of anilines is 1. The van der Waals surface area contributed by atoms with Crippen LogP contribution in [0.2, 0.25) is 0 Å². The van der Waals surface area contributed by atoms with Crippen LogP contribution in [0.1, 0.15) is 10.4 Å². The number of H-pyrrole nitrogens is 1. The van der Waals surface area contributed by atoms with Gasteiger partial charge in [-0.1, -0.05) is 0 Å². The van der Waals surface area contributed by atoms with Crippen molar-refractivity contribution < 1.29 is 15.0 Å². The van der Waals surface area contributed by atoms with Crippen molar-refractivity contribution in [2.24, 2.45) is 0 Å². The number of aromatic hydroxyl groups is 2. The van der Waals surface area contributed by atoms with Crippen LogP contribution in [0.4, 0.5) is 5.82 Å². The smallest absolute Gasteiger partial charge is 0.264 e. The van der Waals surface area contributed by atoms with Crippen LogP contribution in [-0.2, 0) is 0 Å². The number of phenols is 2. The summed E-state index contributed by atoms with van der Waals surface area (Å²) in [5.74, 6) is -0.938. The van der Waals surface area contributed by atoms with Crippen LogP contribution in [-0.4, -0.2) is 26.3 Å². The lowest BCUT2D eigenvalue weighted by atomic mass is 10.2. The van der Waals surface area contributed by atoms with Gasteiger partial charge in [0, 0.05) is 6.07 Å². The predicted molar refractivity (Wildman–Crippen MR) is 62.6 cm³/mol. The summed E-state index contributed by atoms with van der Waals surface area (Å²) in [4.78, 5) is 22.5. The van der Waals surface area contributed by atoms with E-state index in [-0.39, 0.29) is 22.9 Å². The maximum Gasteiger partial charge on any atom is 0.264 e. The Labute approximate surface area is 101 Å². The molecule has 0 fully saturated rings. The van der Waals surface area contributed by atoms with E-state index in [0.29, 0.717) is 0 Å². The second kappa shape index (κ2) is 4.58. The molecule has 0 aliphatic carbocycles. The summed E-state index contributed by atoms with van der Waals surface area (Å²) in [5.41, 5.74) is -0.490. The Hall–Kier alpha value is -2.83. The number of hydrogen-bond acceptors (Lipinski definition) is 5. The molecule has 1 aromatic heterocycles. The van der Waals surface area contributed by atoms with E-state index in [2.05, 4.69) is 15.5 Å². The zero-order valence-corrected chi connectivity index (χ0v) is 9.04. The molecule has 0 saturated carbocycles. The minimum atomic E-state index is -0.650. The van der Waals surface area contributed by atoms with Crippen LogP contribution in [0.3, 0.4) is 0 Å². The van der Waals surface area contributed by atoms with E-state index in [1.807, 2.05) is 0 Å². The van der Waals surface area contributed by atoms with E-state index in [1.165, 1.54) is 24.3 Å². The summed E-state index contributed by atoms with van der Waals surface area (Å²) in [7, 11) is 0. The number of rotatable bonds is 2. The average Bonchev–Trinajstić information content (AvgIpc) is 2.35. The molecule has 18 heavy (non-hydrogen) atoms. The minimum absolute atomic E-state index is 0.0944. The molecule has 0 radical (unpaired) electrons. The molecule has 1 aromatic carbocycles. The van der Waals surface area contributed by atoms with E-state index in [1.54, 1.807) is 0 Å². The van der Waals surface area contributed by atoms with Crippen LogP contribution < -0.4 is 10.9 Å². The van der Waals surface area contributed by atoms with Gasteiger partial charge in [-0.3, -0.25) is 9.59 Å². The van der Waals surface area contributed by atoms with Crippen molar-refractivity contribution in [1.82, 2.24) is 10.2 Å². The van der Waals surface area contributed by atoms with Crippen LogP contribution in [0.5, 0.6) is 11.5 Å². The van der Waals surface area contributed by atoms with Crippen LogP contribution in [0.25, 0.3) is 0 Å². The number of nitrogens with zero attached hydrogens (tertiary/aromatic N) is 1. The molecule has 7 nitrogen and oxygen atoms in total. The molecule has 0 atom stereocenters. The van der Waals surface area contributed by atoms with Gasteiger partial charge in [0.2, 0.25) is 0 Å². The fraction of sp³-hybridized carbons (Fsp3) is 0. The van der Waals surface area contributed by atoms with Crippen LogP contribution in [0, 0.1) is 0 Å². The Kier molecular flexibility index (Phi) is 2.96. The van der Waals surface area contributed by atoms with E-state index in [0.717, 1.165) is 6.07 Å². The summed E-state index contributed by atoms with van der Waals surface area (Å²) < 4.78 is 0.